The normalized spacial score (nSPS) is 25.8. The molecule has 3 aliphatic rings. The van der Waals surface area contributed by atoms with Crippen LogP contribution < -0.4 is 0 Å². The summed E-state index contributed by atoms with van der Waals surface area (Å²) in [6, 6.07) is 4.61. The van der Waals surface area contributed by atoms with Gasteiger partial charge in [-0.1, -0.05) is 6.07 Å². The lowest BCUT2D eigenvalue weighted by molar-refractivity contribution is -0.192. The van der Waals surface area contributed by atoms with Crippen molar-refractivity contribution in [2.75, 3.05) is 39.8 Å². The van der Waals surface area contributed by atoms with Crippen molar-refractivity contribution in [3.05, 3.63) is 30.1 Å². The molecule has 1 N–H and O–H groups in total. The maximum absolute atomic E-state index is 13.0. The second-order valence-electron chi connectivity index (χ2n) is 8.32. The van der Waals surface area contributed by atoms with Gasteiger partial charge in [-0.2, -0.15) is 13.2 Å². The van der Waals surface area contributed by atoms with E-state index in [-0.39, 0.29) is 18.2 Å². The number of ether oxygens (including phenoxy) is 1. The number of urea groups is 1. The molecule has 0 bridgehead atoms. The number of aliphatic carboxylic acids is 1. The Hall–Kier alpha value is -2.40. The van der Waals surface area contributed by atoms with Gasteiger partial charge in [0.1, 0.15) is 0 Å². The first-order chi connectivity index (χ1) is 15.2. The highest BCUT2D eigenvalue weighted by Crippen LogP contribution is 2.34. The second-order valence-corrected chi connectivity index (χ2v) is 8.32. The van der Waals surface area contributed by atoms with Crippen molar-refractivity contribution in [3.63, 3.8) is 0 Å². The smallest absolute Gasteiger partial charge is 0.475 e. The fourth-order valence-corrected chi connectivity index (χ4v) is 4.73. The Balaban J connectivity index is 0.000000360. The highest BCUT2D eigenvalue weighted by atomic mass is 19.4. The Kier molecular flexibility index (Phi) is 7.94. The molecule has 8 nitrogen and oxygen atoms in total. The minimum atomic E-state index is -5.08. The van der Waals surface area contributed by atoms with Crippen LogP contribution in [0.1, 0.15) is 24.8 Å². The topological polar surface area (TPSA) is 86.2 Å². The first-order valence-electron chi connectivity index (χ1n) is 10.7. The Morgan fingerprint density at radius 1 is 1.22 bits per heavy atom. The van der Waals surface area contributed by atoms with Crippen LogP contribution in [0.3, 0.4) is 0 Å². The zero-order valence-electron chi connectivity index (χ0n) is 18.0. The molecular weight excluding hydrogens is 429 g/mol. The molecule has 0 saturated carbocycles. The van der Waals surface area contributed by atoms with E-state index in [1.54, 1.807) is 0 Å². The summed E-state index contributed by atoms with van der Waals surface area (Å²) < 4.78 is 37.5. The van der Waals surface area contributed by atoms with Crippen molar-refractivity contribution in [2.45, 2.75) is 44.1 Å². The number of nitrogens with zero attached hydrogens (tertiary/aromatic N) is 4. The molecule has 0 unspecified atom stereocenters. The molecule has 0 aromatic carbocycles. The van der Waals surface area contributed by atoms with Crippen LogP contribution in [0.5, 0.6) is 0 Å². The summed E-state index contributed by atoms with van der Waals surface area (Å²) in [5.41, 5.74) is 1.23. The minimum absolute atomic E-state index is 0.241. The zero-order valence-corrected chi connectivity index (χ0v) is 18.0. The SMILES string of the molecule is CO[C@H]1CCN(C(=O)N2CCCC2)[C@@H]2CN(Cc3cccnc3)C[C@H]12.O=C(O)C(F)(F)F. The average Bonchev–Trinajstić information content (AvgIpc) is 3.43. The molecule has 2 amide bonds. The summed E-state index contributed by atoms with van der Waals surface area (Å²) in [6.45, 7) is 5.46. The summed E-state index contributed by atoms with van der Waals surface area (Å²) in [7, 11) is 1.81. The number of hydrogen-bond donors (Lipinski definition) is 1. The summed E-state index contributed by atoms with van der Waals surface area (Å²) >= 11 is 0. The van der Waals surface area contributed by atoms with E-state index >= 15 is 0 Å². The van der Waals surface area contributed by atoms with Gasteiger partial charge in [-0.05, 0) is 30.9 Å². The Morgan fingerprint density at radius 2 is 1.91 bits per heavy atom. The molecule has 178 valence electrons. The van der Waals surface area contributed by atoms with Gasteiger partial charge in [0.05, 0.1) is 12.1 Å². The first kappa shape index (κ1) is 24.2. The van der Waals surface area contributed by atoms with E-state index in [0.29, 0.717) is 5.92 Å². The monoisotopic (exact) mass is 458 g/mol. The molecule has 11 heteroatoms. The van der Waals surface area contributed by atoms with E-state index < -0.39 is 12.1 Å². The van der Waals surface area contributed by atoms with Crippen molar-refractivity contribution in [2.24, 2.45) is 5.92 Å². The van der Waals surface area contributed by atoms with E-state index in [9.17, 15) is 18.0 Å². The van der Waals surface area contributed by atoms with Gasteiger partial charge in [0.25, 0.3) is 0 Å². The predicted molar refractivity (Wildman–Crippen MR) is 109 cm³/mol. The standard InChI is InChI=1S/C19H28N4O2.C2HF3O2/c1-25-18-6-10-23(19(24)22-8-2-3-9-22)17-14-21(13-16(17)18)12-15-5-4-7-20-11-15;3-2(4,5)1(6)7/h4-5,7,11,16-18H,2-3,6,8-10,12-14H2,1H3;(H,6,7)/t16-,17+,18-;/m0./s1. The lowest BCUT2D eigenvalue weighted by Gasteiger charge is -2.42. The largest absolute Gasteiger partial charge is 0.490 e. The van der Waals surface area contributed by atoms with Crippen LogP contribution in [0.4, 0.5) is 18.0 Å². The molecule has 4 heterocycles. The number of aromatic nitrogens is 1. The molecule has 3 atom stereocenters. The molecule has 32 heavy (non-hydrogen) atoms. The molecule has 3 saturated heterocycles. The highest BCUT2D eigenvalue weighted by molar-refractivity contribution is 5.75. The van der Waals surface area contributed by atoms with Gasteiger partial charge < -0.3 is 19.6 Å². The molecule has 0 aliphatic carbocycles. The maximum atomic E-state index is 13.0. The van der Waals surface area contributed by atoms with Gasteiger partial charge >= 0.3 is 18.2 Å². The first-order valence-corrected chi connectivity index (χ1v) is 10.7. The third kappa shape index (κ3) is 5.89. The van der Waals surface area contributed by atoms with Crippen LogP contribution in [0.15, 0.2) is 24.5 Å². The molecule has 0 spiro atoms. The average molecular weight is 458 g/mol. The Labute approximate surface area is 184 Å². The number of amides is 2. The number of methoxy groups -OCH3 is 1. The number of likely N-dealkylation sites (tertiary alicyclic amines) is 3. The van der Waals surface area contributed by atoms with Crippen LogP contribution >= 0.6 is 0 Å². The molecule has 1 aromatic heterocycles. The fourth-order valence-electron chi connectivity index (χ4n) is 4.73. The lowest BCUT2D eigenvalue weighted by Crippen LogP contribution is -2.56. The number of carboxylic acid groups (broad SMARTS) is 1. The van der Waals surface area contributed by atoms with Crippen molar-refractivity contribution in [1.29, 1.82) is 0 Å². The summed E-state index contributed by atoms with van der Waals surface area (Å²) in [5.74, 6) is -2.35. The van der Waals surface area contributed by atoms with Crippen molar-refractivity contribution >= 4 is 12.0 Å². The minimum Gasteiger partial charge on any atom is -0.475 e. The summed E-state index contributed by atoms with van der Waals surface area (Å²) in [5, 5.41) is 7.12. The van der Waals surface area contributed by atoms with Crippen LogP contribution in [0.2, 0.25) is 0 Å². The lowest BCUT2D eigenvalue weighted by atomic mass is 9.89. The Bertz CT molecular complexity index is 774. The molecule has 3 aliphatic heterocycles. The number of carbonyl (C=O) groups is 2. The molecular formula is C21H29F3N4O4. The van der Waals surface area contributed by atoms with Gasteiger partial charge in [-0.3, -0.25) is 9.88 Å². The van der Waals surface area contributed by atoms with E-state index in [2.05, 4.69) is 20.9 Å². The van der Waals surface area contributed by atoms with Gasteiger partial charge in [0, 0.05) is 64.7 Å². The number of hydrogen-bond acceptors (Lipinski definition) is 5. The number of carboxylic acids is 1. The van der Waals surface area contributed by atoms with Crippen LogP contribution in [0.25, 0.3) is 0 Å². The number of rotatable bonds is 3. The van der Waals surface area contributed by atoms with E-state index in [4.69, 9.17) is 14.6 Å². The van der Waals surface area contributed by atoms with Gasteiger partial charge in [0.15, 0.2) is 0 Å². The third-order valence-corrected chi connectivity index (χ3v) is 6.24. The quantitative estimate of drug-likeness (QED) is 0.749. The van der Waals surface area contributed by atoms with Crippen molar-refractivity contribution in [1.82, 2.24) is 19.7 Å². The Morgan fingerprint density at radius 3 is 2.47 bits per heavy atom. The predicted octanol–water partition coefficient (Wildman–Crippen LogP) is 2.45. The van der Waals surface area contributed by atoms with Crippen LogP contribution in [-0.2, 0) is 16.1 Å². The number of carbonyl (C=O) groups excluding carboxylic acids is 1. The summed E-state index contributed by atoms with van der Waals surface area (Å²) in [6.07, 6.45) is 2.14. The molecule has 4 rings (SSSR count). The third-order valence-electron chi connectivity index (χ3n) is 6.24. The van der Waals surface area contributed by atoms with Crippen molar-refractivity contribution in [3.8, 4) is 0 Å². The van der Waals surface area contributed by atoms with E-state index in [1.165, 1.54) is 5.56 Å². The van der Waals surface area contributed by atoms with Gasteiger partial charge in [-0.15, -0.1) is 0 Å². The number of alkyl halides is 3. The van der Waals surface area contributed by atoms with Gasteiger partial charge in [0.2, 0.25) is 0 Å². The highest BCUT2D eigenvalue weighted by Gasteiger charge is 2.46. The number of fused-ring (bicyclic) bond motifs is 1. The number of halogens is 3. The van der Waals surface area contributed by atoms with Gasteiger partial charge in [-0.25, -0.2) is 9.59 Å². The summed E-state index contributed by atoms with van der Waals surface area (Å²) in [4.78, 5) is 32.7. The van der Waals surface area contributed by atoms with Crippen LogP contribution in [0, 0.1) is 5.92 Å². The number of piperidine rings is 1. The number of pyridine rings is 1. The molecule has 0 radical (unpaired) electrons. The fraction of sp³-hybridized carbons (Fsp3) is 0.667. The van der Waals surface area contributed by atoms with Crippen LogP contribution in [-0.4, -0.2) is 94.9 Å². The molecule has 1 aromatic rings. The van der Waals surface area contributed by atoms with Crippen molar-refractivity contribution < 1.29 is 32.6 Å². The maximum Gasteiger partial charge on any atom is 0.490 e. The molecule has 3 fully saturated rings. The zero-order chi connectivity index (χ0) is 23.3. The second kappa shape index (κ2) is 10.5. The van der Waals surface area contributed by atoms with E-state index in [1.807, 2.05) is 30.5 Å². The van der Waals surface area contributed by atoms with E-state index in [0.717, 1.165) is 58.5 Å².